The van der Waals surface area contributed by atoms with Gasteiger partial charge in [0.15, 0.2) is 0 Å². The van der Waals surface area contributed by atoms with Crippen molar-refractivity contribution in [2.45, 2.75) is 50.7 Å². The van der Waals surface area contributed by atoms with E-state index in [0.29, 0.717) is 27.8 Å². The number of carbonyl (C=O) groups excluding carboxylic acids is 2. The molecule has 3 aromatic carbocycles. The highest BCUT2D eigenvalue weighted by Gasteiger charge is 2.34. The molecule has 0 aliphatic carbocycles. The monoisotopic (exact) mass is 635 g/mol. The number of amides is 2. The average Bonchev–Trinajstić information content (AvgIpc) is 2.98. The Labute approximate surface area is 257 Å². The Morgan fingerprint density at radius 1 is 0.952 bits per heavy atom. The number of rotatable bonds is 13. The zero-order chi connectivity index (χ0) is 31.0. The largest absolute Gasteiger partial charge is 0.497 e. The van der Waals surface area contributed by atoms with Gasteiger partial charge in [0, 0.05) is 28.7 Å². The summed E-state index contributed by atoms with van der Waals surface area (Å²) < 4.78 is 39.9. The second-order valence-electron chi connectivity index (χ2n) is 9.61. The van der Waals surface area contributed by atoms with E-state index in [9.17, 15) is 18.0 Å². The first-order valence-corrected chi connectivity index (χ1v) is 15.5. The summed E-state index contributed by atoms with van der Waals surface area (Å²) in [6, 6.07) is 16.1. The number of ether oxygens (including phenoxy) is 2. The van der Waals surface area contributed by atoms with E-state index in [1.54, 1.807) is 49.4 Å². The fourth-order valence-electron chi connectivity index (χ4n) is 4.11. The van der Waals surface area contributed by atoms with Crippen LogP contribution < -0.4 is 19.1 Å². The van der Waals surface area contributed by atoms with Crippen LogP contribution in [0.25, 0.3) is 0 Å². The third kappa shape index (κ3) is 7.87. The Morgan fingerprint density at radius 2 is 1.64 bits per heavy atom. The minimum Gasteiger partial charge on any atom is -0.497 e. The Balaban J connectivity index is 2.12. The van der Waals surface area contributed by atoms with Crippen LogP contribution in [0.3, 0.4) is 0 Å². The highest BCUT2D eigenvalue weighted by atomic mass is 35.5. The van der Waals surface area contributed by atoms with E-state index in [1.807, 2.05) is 13.8 Å². The molecule has 0 spiro atoms. The molecule has 0 heterocycles. The smallest absolute Gasteiger partial charge is 0.264 e. The number of methoxy groups -OCH3 is 2. The summed E-state index contributed by atoms with van der Waals surface area (Å²) in [5, 5.41) is 3.61. The first-order valence-electron chi connectivity index (χ1n) is 13.3. The highest BCUT2D eigenvalue weighted by molar-refractivity contribution is 7.92. The van der Waals surface area contributed by atoms with Gasteiger partial charge in [0.05, 0.1) is 24.8 Å². The predicted molar refractivity (Wildman–Crippen MR) is 165 cm³/mol. The lowest BCUT2D eigenvalue weighted by Crippen LogP contribution is -2.52. The minimum atomic E-state index is -4.29. The Bertz CT molecular complexity index is 1500. The molecule has 3 aromatic rings. The molecule has 2 amide bonds. The summed E-state index contributed by atoms with van der Waals surface area (Å²) in [6.45, 7) is 4.66. The van der Waals surface area contributed by atoms with Crippen LogP contribution in [-0.4, -0.2) is 58.0 Å². The summed E-state index contributed by atoms with van der Waals surface area (Å²) in [6.07, 6.45) is 0.689. The van der Waals surface area contributed by atoms with Crippen molar-refractivity contribution in [1.29, 1.82) is 0 Å². The third-order valence-electron chi connectivity index (χ3n) is 6.79. The maximum atomic E-state index is 14.1. The Kier molecular flexibility index (Phi) is 11.5. The molecule has 2 atom stereocenters. The Morgan fingerprint density at radius 3 is 2.24 bits per heavy atom. The van der Waals surface area contributed by atoms with E-state index in [4.69, 9.17) is 32.7 Å². The fraction of sp³-hybridized carbons (Fsp3) is 0.333. The second kappa shape index (κ2) is 14.6. The first kappa shape index (κ1) is 33.0. The quantitative estimate of drug-likeness (QED) is 0.264. The summed E-state index contributed by atoms with van der Waals surface area (Å²) in [5.41, 5.74) is 0.629. The van der Waals surface area contributed by atoms with Crippen LogP contribution in [0.4, 0.5) is 5.69 Å². The van der Waals surface area contributed by atoms with Crippen molar-refractivity contribution in [1.82, 2.24) is 10.2 Å². The van der Waals surface area contributed by atoms with E-state index in [2.05, 4.69) is 5.32 Å². The average molecular weight is 637 g/mol. The van der Waals surface area contributed by atoms with Gasteiger partial charge in [-0.2, -0.15) is 0 Å². The molecular weight excluding hydrogens is 601 g/mol. The van der Waals surface area contributed by atoms with E-state index in [1.165, 1.54) is 43.4 Å². The molecule has 0 fully saturated rings. The number of hydrogen-bond donors (Lipinski definition) is 1. The molecule has 0 aliphatic rings. The van der Waals surface area contributed by atoms with Crippen LogP contribution >= 0.6 is 23.2 Å². The van der Waals surface area contributed by atoms with Gasteiger partial charge in [0.2, 0.25) is 11.8 Å². The molecule has 0 unspecified atom stereocenters. The van der Waals surface area contributed by atoms with Gasteiger partial charge in [-0.3, -0.25) is 13.9 Å². The van der Waals surface area contributed by atoms with Gasteiger partial charge < -0.3 is 19.7 Å². The van der Waals surface area contributed by atoms with E-state index in [0.717, 1.165) is 4.31 Å². The minimum absolute atomic E-state index is 0.0301. The van der Waals surface area contributed by atoms with Crippen molar-refractivity contribution in [3.63, 3.8) is 0 Å². The molecule has 42 heavy (non-hydrogen) atoms. The van der Waals surface area contributed by atoms with E-state index < -0.39 is 28.5 Å². The maximum absolute atomic E-state index is 14.1. The van der Waals surface area contributed by atoms with E-state index in [-0.39, 0.29) is 34.8 Å². The number of carbonyl (C=O) groups is 2. The molecule has 12 heteroatoms. The summed E-state index contributed by atoms with van der Waals surface area (Å²) in [5.74, 6) is -0.466. The lowest BCUT2D eigenvalue weighted by atomic mass is 10.1. The zero-order valence-electron chi connectivity index (χ0n) is 24.1. The number of hydrogen-bond acceptors (Lipinski definition) is 6. The van der Waals surface area contributed by atoms with Crippen molar-refractivity contribution in [2.24, 2.45) is 0 Å². The lowest BCUT2D eigenvalue weighted by molar-refractivity contribution is -0.139. The van der Waals surface area contributed by atoms with Gasteiger partial charge in [-0.25, -0.2) is 8.42 Å². The van der Waals surface area contributed by atoms with Crippen molar-refractivity contribution in [3.05, 3.63) is 82.3 Å². The maximum Gasteiger partial charge on any atom is 0.264 e. The normalized spacial score (nSPS) is 12.6. The van der Waals surface area contributed by atoms with Gasteiger partial charge in [-0.1, -0.05) is 54.4 Å². The lowest BCUT2D eigenvalue weighted by Gasteiger charge is -2.33. The molecule has 0 aliphatic heterocycles. The third-order valence-corrected chi connectivity index (χ3v) is 9.15. The van der Waals surface area contributed by atoms with Crippen LogP contribution in [-0.2, 0) is 26.2 Å². The van der Waals surface area contributed by atoms with E-state index >= 15 is 0 Å². The Hall–Kier alpha value is -3.47. The van der Waals surface area contributed by atoms with Gasteiger partial charge in [0.25, 0.3) is 10.0 Å². The van der Waals surface area contributed by atoms with Gasteiger partial charge in [0.1, 0.15) is 24.1 Å². The number of benzene rings is 3. The summed E-state index contributed by atoms with van der Waals surface area (Å²) >= 11 is 12.5. The van der Waals surface area contributed by atoms with Gasteiger partial charge in [-0.05, 0) is 62.2 Å². The summed E-state index contributed by atoms with van der Waals surface area (Å²) in [4.78, 5) is 28.6. The second-order valence-corrected chi connectivity index (χ2v) is 12.3. The van der Waals surface area contributed by atoms with Crippen molar-refractivity contribution in [2.75, 3.05) is 25.1 Å². The molecule has 0 saturated heterocycles. The molecule has 9 nitrogen and oxygen atoms in total. The molecule has 3 rings (SSSR count). The molecule has 0 aromatic heterocycles. The number of nitrogens with one attached hydrogen (secondary N) is 1. The van der Waals surface area contributed by atoms with Gasteiger partial charge in [-0.15, -0.1) is 0 Å². The van der Waals surface area contributed by atoms with Crippen LogP contribution in [0.5, 0.6) is 11.5 Å². The molecule has 226 valence electrons. The van der Waals surface area contributed by atoms with Crippen molar-refractivity contribution in [3.8, 4) is 11.5 Å². The van der Waals surface area contributed by atoms with Crippen LogP contribution in [0.1, 0.15) is 32.8 Å². The van der Waals surface area contributed by atoms with Crippen LogP contribution in [0.2, 0.25) is 10.0 Å². The predicted octanol–water partition coefficient (Wildman–Crippen LogP) is 5.54. The topological polar surface area (TPSA) is 105 Å². The standard InChI is InChI=1S/C30H35Cl2N3O6S/c1-6-20(2)33-30(37)21(3)34(18-22-12-13-23(31)16-26(22)32)29(36)19-35(42(38,39)25-10-8-7-9-11-25)27-17-24(40-4)14-15-28(27)41-5/h7-17,20-21H,6,18-19H2,1-5H3,(H,33,37)/t20-,21-/m0/s1. The molecular formula is C30H35Cl2N3O6S. The van der Waals surface area contributed by atoms with Crippen molar-refractivity contribution < 1.29 is 27.5 Å². The molecule has 0 bridgehead atoms. The number of anilines is 1. The fourth-order valence-corrected chi connectivity index (χ4v) is 6.01. The van der Waals surface area contributed by atoms with Gasteiger partial charge >= 0.3 is 0 Å². The molecule has 0 saturated carbocycles. The number of nitrogens with zero attached hydrogens (tertiary/aromatic N) is 2. The van der Waals surface area contributed by atoms with Crippen molar-refractivity contribution >= 4 is 50.7 Å². The van der Waals surface area contributed by atoms with Crippen LogP contribution in [0.15, 0.2) is 71.6 Å². The summed E-state index contributed by atoms with van der Waals surface area (Å²) in [7, 11) is -1.44. The molecule has 0 radical (unpaired) electrons. The SMILES string of the molecule is CC[C@H](C)NC(=O)[C@H](C)N(Cc1ccc(Cl)cc1Cl)C(=O)CN(c1cc(OC)ccc1OC)S(=O)(=O)c1ccccc1. The zero-order valence-corrected chi connectivity index (χ0v) is 26.5. The first-order chi connectivity index (χ1) is 19.9. The highest BCUT2D eigenvalue weighted by Crippen LogP contribution is 2.36. The number of sulfonamides is 1. The molecule has 1 N–H and O–H groups in total. The number of halogens is 2. The van der Waals surface area contributed by atoms with Crippen LogP contribution in [0, 0.1) is 0 Å².